The number of hydrogen-bond donors (Lipinski definition) is 1. The van der Waals surface area contributed by atoms with E-state index in [1.165, 1.54) is 0 Å². The molecule has 6 heteroatoms. The number of methoxy groups -OCH3 is 1. The van der Waals surface area contributed by atoms with E-state index in [0.29, 0.717) is 19.7 Å². The summed E-state index contributed by atoms with van der Waals surface area (Å²) in [4.78, 5) is 27.6. The SMILES string of the molecule is COCC(N)CN1CC(=O)N2CCCCC2C1=O. The number of carbonyl (C=O) groups is 2. The molecule has 2 rings (SSSR count). The van der Waals surface area contributed by atoms with Gasteiger partial charge in [-0.15, -0.1) is 0 Å². The van der Waals surface area contributed by atoms with Crippen molar-refractivity contribution in [3.05, 3.63) is 0 Å². The number of piperazine rings is 1. The van der Waals surface area contributed by atoms with E-state index in [1.54, 1.807) is 16.9 Å². The molecule has 18 heavy (non-hydrogen) atoms. The fraction of sp³-hybridized carbons (Fsp3) is 0.833. The third-order valence-corrected chi connectivity index (χ3v) is 3.58. The first kappa shape index (κ1) is 13.3. The molecular formula is C12H21N3O3. The van der Waals surface area contributed by atoms with Crippen LogP contribution < -0.4 is 5.73 Å². The number of fused-ring (bicyclic) bond motifs is 1. The van der Waals surface area contributed by atoms with Crippen molar-refractivity contribution in [1.29, 1.82) is 0 Å². The second-order valence-corrected chi connectivity index (χ2v) is 5.03. The first-order valence-electron chi connectivity index (χ1n) is 6.46. The molecule has 2 unspecified atom stereocenters. The Labute approximate surface area is 107 Å². The molecule has 0 saturated carbocycles. The van der Waals surface area contributed by atoms with Gasteiger partial charge in [0.05, 0.1) is 13.2 Å². The molecule has 2 aliphatic heterocycles. The molecule has 6 nitrogen and oxygen atoms in total. The minimum atomic E-state index is -0.255. The maximum atomic E-state index is 12.3. The minimum Gasteiger partial charge on any atom is -0.383 e. The van der Waals surface area contributed by atoms with E-state index < -0.39 is 0 Å². The molecule has 102 valence electrons. The number of carbonyl (C=O) groups excluding carboxylic acids is 2. The van der Waals surface area contributed by atoms with Crippen LogP contribution in [0.25, 0.3) is 0 Å². The van der Waals surface area contributed by atoms with Gasteiger partial charge in [0.25, 0.3) is 0 Å². The van der Waals surface area contributed by atoms with Crippen molar-refractivity contribution in [2.75, 3.05) is 33.4 Å². The van der Waals surface area contributed by atoms with Crippen LogP contribution in [0.1, 0.15) is 19.3 Å². The van der Waals surface area contributed by atoms with Crippen LogP contribution in [-0.2, 0) is 14.3 Å². The van der Waals surface area contributed by atoms with Crippen LogP contribution in [0, 0.1) is 0 Å². The Morgan fingerprint density at radius 3 is 2.94 bits per heavy atom. The van der Waals surface area contributed by atoms with Crippen LogP contribution in [0.5, 0.6) is 0 Å². The molecule has 2 saturated heterocycles. The molecule has 2 aliphatic rings. The van der Waals surface area contributed by atoms with E-state index in [2.05, 4.69) is 0 Å². The smallest absolute Gasteiger partial charge is 0.245 e. The lowest BCUT2D eigenvalue weighted by atomic mass is 9.98. The van der Waals surface area contributed by atoms with Gasteiger partial charge in [-0.25, -0.2) is 0 Å². The molecule has 0 radical (unpaired) electrons. The molecular weight excluding hydrogens is 234 g/mol. The Bertz CT molecular complexity index is 335. The molecule has 2 amide bonds. The molecule has 2 N–H and O–H groups in total. The number of nitrogens with two attached hydrogens (primary N) is 1. The Balaban J connectivity index is 2.00. The van der Waals surface area contributed by atoms with Crippen LogP contribution in [0.4, 0.5) is 0 Å². The Kier molecular flexibility index (Phi) is 4.19. The maximum absolute atomic E-state index is 12.3. The average molecular weight is 255 g/mol. The number of amides is 2. The highest BCUT2D eigenvalue weighted by Crippen LogP contribution is 2.22. The van der Waals surface area contributed by atoms with Crippen molar-refractivity contribution in [2.24, 2.45) is 5.73 Å². The number of rotatable bonds is 4. The van der Waals surface area contributed by atoms with Crippen molar-refractivity contribution in [3.8, 4) is 0 Å². The number of ether oxygens (including phenoxy) is 1. The summed E-state index contributed by atoms with van der Waals surface area (Å²) in [6.07, 6.45) is 2.79. The van der Waals surface area contributed by atoms with Crippen molar-refractivity contribution in [2.45, 2.75) is 31.3 Å². The maximum Gasteiger partial charge on any atom is 0.245 e. The largest absolute Gasteiger partial charge is 0.383 e. The summed E-state index contributed by atoms with van der Waals surface area (Å²) in [5, 5.41) is 0. The molecule has 0 aromatic rings. The highest BCUT2D eigenvalue weighted by molar-refractivity contribution is 5.95. The van der Waals surface area contributed by atoms with Crippen molar-refractivity contribution in [1.82, 2.24) is 9.80 Å². The van der Waals surface area contributed by atoms with Gasteiger partial charge in [0, 0.05) is 26.2 Å². The third-order valence-electron chi connectivity index (χ3n) is 3.58. The van der Waals surface area contributed by atoms with Crippen LogP contribution in [0.2, 0.25) is 0 Å². The summed E-state index contributed by atoms with van der Waals surface area (Å²) in [7, 11) is 1.58. The summed E-state index contributed by atoms with van der Waals surface area (Å²) in [6.45, 7) is 1.66. The predicted molar refractivity (Wildman–Crippen MR) is 65.8 cm³/mol. The lowest BCUT2D eigenvalue weighted by Crippen LogP contribution is -2.62. The topological polar surface area (TPSA) is 75.9 Å². The van der Waals surface area contributed by atoms with E-state index in [4.69, 9.17) is 10.5 Å². The minimum absolute atomic E-state index is 0.0425. The lowest BCUT2D eigenvalue weighted by Gasteiger charge is -2.43. The summed E-state index contributed by atoms with van der Waals surface area (Å²) < 4.78 is 4.96. The van der Waals surface area contributed by atoms with Crippen LogP contribution >= 0.6 is 0 Å². The van der Waals surface area contributed by atoms with Crippen LogP contribution in [0.3, 0.4) is 0 Å². The number of hydrogen-bond acceptors (Lipinski definition) is 4. The monoisotopic (exact) mass is 255 g/mol. The Morgan fingerprint density at radius 1 is 1.44 bits per heavy atom. The first-order chi connectivity index (χ1) is 8.63. The van der Waals surface area contributed by atoms with E-state index in [9.17, 15) is 9.59 Å². The van der Waals surface area contributed by atoms with Crippen LogP contribution in [-0.4, -0.2) is 67.0 Å². The molecule has 0 aliphatic carbocycles. The van der Waals surface area contributed by atoms with Gasteiger partial charge in [-0.2, -0.15) is 0 Å². The fourth-order valence-corrected chi connectivity index (χ4v) is 2.73. The standard InChI is InChI=1S/C12H21N3O3/c1-18-8-9(13)6-14-7-11(16)15-5-3-2-4-10(15)12(14)17/h9-10H,2-8,13H2,1H3. The second kappa shape index (κ2) is 5.67. The zero-order chi connectivity index (χ0) is 13.1. The molecule has 0 bridgehead atoms. The van der Waals surface area contributed by atoms with Crippen molar-refractivity contribution >= 4 is 11.8 Å². The fourth-order valence-electron chi connectivity index (χ4n) is 2.73. The first-order valence-corrected chi connectivity index (χ1v) is 6.46. The summed E-state index contributed by atoms with van der Waals surface area (Å²) in [6, 6.07) is -0.489. The van der Waals surface area contributed by atoms with Gasteiger partial charge in [-0.3, -0.25) is 9.59 Å². The summed E-state index contributed by atoms with van der Waals surface area (Å²) in [5.74, 6) is 0.0877. The molecule has 0 aromatic carbocycles. The molecule has 2 fully saturated rings. The van der Waals surface area contributed by atoms with Gasteiger partial charge >= 0.3 is 0 Å². The summed E-state index contributed by atoms with van der Waals surface area (Å²) in [5.41, 5.74) is 5.85. The highest BCUT2D eigenvalue weighted by atomic mass is 16.5. The van der Waals surface area contributed by atoms with Gasteiger partial charge in [-0.05, 0) is 19.3 Å². The molecule has 2 atom stereocenters. The van der Waals surface area contributed by atoms with Gasteiger partial charge in [0.2, 0.25) is 11.8 Å². The van der Waals surface area contributed by atoms with E-state index in [1.807, 2.05) is 0 Å². The zero-order valence-corrected chi connectivity index (χ0v) is 10.8. The summed E-state index contributed by atoms with van der Waals surface area (Å²) >= 11 is 0. The Hall–Kier alpha value is -1.14. The van der Waals surface area contributed by atoms with Crippen LogP contribution in [0.15, 0.2) is 0 Å². The van der Waals surface area contributed by atoms with Gasteiger partial charge in [0.15, 0.2) is 0 Å². The molecule has 0 aromatic heterocycles. The second-order valence-electron chi connectivity index (χ2n) is 5.03. The third kappa shape index (κ3) is 2.64. The molecule has 0 spiro atoms. The van der Waals surface area contributed by atoms with Crippen molar-refractivity contribution in [3.63, 3.8) is 0 Å². The molecule has 2 heterocycles. The number of piperidine rings is 1. The zero-order valence-electron chi connectivity index (χ0n) is 10.8. The lowest BCUT2D eigenvalue weighted by molar-refractivity contribution is -0.158. The van der Waals surface area contributed by atoms with E-state index in [-0.39, 0.29) is 30.4 Å². The average Bonchev–Trinajstić information content (AvgIpc) is 2.36. The number of nitrogens with zero attached hydrogens (tertiary/aromatic N) is 2. The van der Waals surface area contributed by atoms with Gasteiger partial charge in [-0.1, -0.05) is 0 Å². The van der Waals surface area contributed by atoms with Crippen molar-refractivity contribution < 1.29 is 14.3 Å². The Morgan fingerprint density at radius 2 is 2.22 bits per heavy atom. The van der Waals surface area contributed by atoms with Gasteiger partial charge in [0.1, 0.15) is 6.04 Å². The predicted octanol–water partition coefficient (Wildman–Crippen LogP) is -0.817. The van der Waals surface area contributed by atoms with E-state index in [0.717, 1.165) is 19.3 Å². The van der Waals surface area contributed by atoms with E-state index >= 15 is 0 Å². The van der Waals surface area contributed by atoms with Gasteiger partial charge < -0.3 is 20.3 Å². The quantitative estimate of drug-likeness (QED) is 0.712. The normalized spacial score (nSPS) is 26.2. The highest BCUT2D eigenvalue weighted by Gasteiger charge is 2.40.